The van der Waals surface area contributed by atoms with Crippen molar-refractivity contribution < 1.29 is 19.4 Å². The lowest BCUT2D eigenvalue weighted by atomic mass is 10.0. The lowest BCUT2D eigenvalue weighted by molar-refractivity contribution is 0.0692. The summed E-state index contributed by atoms with van der Waals surface area (Å²) in [6, 6.07) is 5.34. The van der Waals surface area contributed by atoms with Crippen LogP contribution in [0.5, 0.6) is 11.5 Å². The molecule has 1 aromatic carbocycles. The molecule has 3 rings (SSSR count). The van der Waals surface area contributed by atoms with Crippen molar-refractivity contribution in [2.24, 2.45) is 0 Å². The van der Waals surface area contributed by atoms with E-state index in [1.54, 1.807) is 18.2 Å². The van der Waals surface area contributed by atoms with Crippen molar-refractivity contribution in [2.75, 3.05) is 26.4 Å². The number of aliphatic hydroxyl groups is 1. The van der Waals surface area contributed by atoms with Gasteiger partial charge in [0, 0.05) is 18.5 Å². The topological polar surface area (TPSA) is 59.0 Å². The van der Waals surface area contributed by atoms with Crippen LogP contribution in [-0.4, -0.2) is 48.3 Å². The van der Waals surface area contributed by atoms with Crippen LogP contribution in [0.2, 0.25) is 0 Å². The maximum atomic E-state index is 12.2. The summed E-state index contributed by atoms with van der Waals surface area (Å²) in [6.45, 7) is 2.85. The Labute approximate surface area is 124 Å². The summed E-state index contributed by atoms with van der Waals surface area (Å²) < 4.78 is 10.5. The third-order valence-electron chi connectivity index (χ3n) is 4.05. The monoisotopic (exact) mass is 291 g/mol. The second kappa shape index (κ2) is 6.45. The van der Waals surface area contributed by atoms with Gasteiger partial charge in [-0.3, -0.25) is 4.79 Å². The molecule has 2 aliphatic rings. The molecule has 1 atom stereocenters. The van der Waals surface area contributed by atoms with Gasteiger partial charge < -0.3 is 19.5 Å². The van der Waals surface area contributed by atoms with Crippen molar-refractivity contribution in [1.29, 1.82) is 0 Å². The highest BCUT2D eigenvalue weighted by Gasteiger charge is 2.18. The lowest BCUT2D eigenvalue weighted by Crippen LogP contribution is -2.38. The van der Waals surface area contributed by atoms with Crippen molar-refractivity contribution in [1.82, 2.24) is 4.90 Å². The molecule has 1 N–H and O–H groups in total. The van der Waals surface area contributed by atoms with Crippen molar-refractivity contribution in [3.63, 3.8) is 0 Å². The van der Waals surface area contributed by atoms with E-state index in [0.29, 0.717) is 23.5 Å². The number of benzene rings is 1. The van der Waals surface area contributed by atoms with Crippen LogP contribution in [0.3, 0.4) is 0 Å². The van der Waals surface area contributed by atoms with Gasteiger partial charge in [0.15, 0.2) is 17.3 Å². The molecule has 0 amide bonds. The fourth-order valence-corrected chi connectivity index (χ4v) is 2.91. The van der Waals surface area contributed by atoms with Crippen molar-refractivity contribution in [3.8, 4) is 11.5 Å². The maximum absolute atomic E-state index is 12.2. The van der Waals surface area contributed by atoms with Crippen LogP contribution in [-0.2, 0) is 0 Å². The number of ketones is 1. The molecule has 1 fully saturated rings. The second-order valence-electron chi connectivity index (χ2n) is 5.69. The van der Waals surface area contributed by atoms with Gasteiger partial charge in [-0.25, -0.2) is 0 Å². The van der Waals surface area contributed by atoms with Crippen LogP contribution >= 0.6 is 0 Å². The molecule has 21 heavy (non-hydrogen) atoms. The summed E-state index contributed by atoms with van der Waals surface area (Å²) >= 11 is 0. The van der Waals surface area contributed by atoms with Gasteiger partial charge in [0.25, 0.3) is 0 Å². The minimum Gasteiger partial charge on any atom is -0.454 e. The molecule has 0 aliphatic carbocycles. The smallest absolute Gasteiger partial charge is 0.231 e. The Morgan fingerprint density at radius 3 is 3.05 bits per heavy atom. The van der Waals surface area contributed by atoms with Gasteiger partial charge >= 0.3 is 0 Å². The number of piperidine rings is 1. The Bertz CT molecular complexity index is 517. The lowest BCUT2D eigenvalue weighted by Gasteiger charge is -2.29. The van der Waals surface area contributed by atoms with Crippen LogP contribution in [0.1, 0.15) is 36.0 Å². The summed E-state index contributed by atoms with van der Waals surface area (Å²) in [4.78, 5) is 14.4. The molecule has 1 aromatic rings. The largest absolute Gasteiger partial charge is 0.454 e. The molecule has 5 nitrogen and oxygen atoms in total. The zero-order valence-electron chi connectivity index (χ0n) is 12.1. The first-order valence-corrected chi connectivity index (χ1v) is 7.55. The molecule has 2 aliphatic heterocycles. The Morgan fingerprint density at radius 1 is 1.33 bits per heavy atom. The number of ether oxygens (including phenoxy) is 2. The van der Waals surface area contributed by atoms with Crippen LogP contribution < -0.4 is 9.47 Å². The summed E-state index contributed by atoms with van der Waals surface area (Å²) in [5.41, 5.74) is 0.679. The summed E-state index contributed by atoms with van der Waals surface area (Å²) in [6.07, 6.45) is 3.07. The number of hydrogen-bond donors (Lipinski definition) is 1. The molecule has 0 spiro atoms. The first kappa shape index (κ1) is 14.4. The van der Waals surface area contributed by atoms with Crippen LogP contribution in [0.4, 0.5) is 0 Å². The third kappa shape index (κ3) is 3.54. The Morgan fingerprint density at radius 2 is 2.19 bits per heavy atom. The Kier molecular flexibility index (Phi) is 4.41. The van der Waals surface area contributed by atoms with Crippen molar-refractivity contribution in [2.45, 2.75) is 31.8 Å². The van der Waals surface area contributed by atoms with E-state index in [9.17, 15) is 9.90 Å². The standard InChI is InChI=1S/C16H21NO4/c18-13-3-1-7-17(10-13)8-2-4-14(19)12-5-6-15-16(9-12)21-11-20-15/h5-6,9,13,18H,1-4,7-8,10-11H2. The molecular formula is C16H21NO4. The summed E-state index contributed by atoms with van der Waals surface area (Å²) in [7, 11) is 0. The highest BCUT2D eigenvalue weighted by molar-refractivity contribution is 5.96. The first-order chi connectivity index (χ1) is 10.2. The fourth-order valence-electron chi connectivity index (χ4n) is 2.91. The number of hydrogen-bond acceptors (Lipinski definition) is 5. The number of rotatable bonds is 5. The van der Waals surface area contributed by atoms with Gasteiger partial charge in [-0.05, 0) is 50.6 Å². The van der Waals surface area contributed by atoms with Crippen molar-refractivity contribution in [3.05, 3.63) is 23.8 Å². The number of Topliss-reactive ketones (excluding diaryl/α,β-unsaturated/α-hetero) is 1. The number of β-amino-alcohol motifs (C(OH)–C–C–N with tert-alkyl or cyclic N) is 1. The number of carbonyl (C=O) groups excluding carboxylic acids is 1. The van der Waals surface area contributed by atoms with Gasteiger partial charge in [-0.1, -0.05) is 0 Å². The van der Waals surface area contributed by atoms with E-state index in [2.05, 4.69) is 4.90 Å². The van der Waals surface area contributed by atoms with E-state index >= 15 is 0 Å². The van der Waals surface area contributed by atoms with E-state index in [4.69, 9.17) is 9.47 Å². The molecule has 0 bridgehead atoms. The van der Waals surface area contributed by atoms with Crippen LogP contribution in [0.25, 0.3) is 0 Å². The predicted molar refractivity (Wildman–Crippen MR) is 77.8 cm³/mol. The maximum Gasteiger partial charge on any atom is 0.231 e. The van der Waals surface area contributed by atoms with Crippen molar-refractivity contribution >= 4 is 5.78 Å². The third-order valence-corrected chi connectivity index (χ3v) is 4.05. The Hall–Kier alpha value is -1.59. The van der Waals surface area contributed by atoms with Crippen LogP contribution in [0, 0.1) is 0 Å². The molecular weight excluding hydrogens is 270 g/mol. The number of carbonyl (C=O) groups is 1. The van der Waals surface area contributed by atoms with Crippen LogP contribution in [0.15, 0.2) is 18.2 Å². The molecule has 114 valence electrons. The quantitative estimate of drug-likeness (QED) is 0.839. The zero-order valence-corrected chi connectivity index (χ0v) is 12.1. The van der Waals surface area contributed by atoms with Gasteiger partial charge in [0.2, 0.25) is 6.79 Å². The molecule has 2 heterocycles. The highest BCUT2D eigenvalue weighted by Crippen LogP contribution is 2.32. The molecule has 1 unspecified atom stereocenters. The zero-order chi connectivity index (χ0) is 14.7. The molecule has 0 saturated carbocycles. The van der Waals surface area contributed by atoms with Gasteiger partial charge in [-0.2, -0.15) is 0 Å². The summed E-state index contributed by atoms with van der Waals surface area (Å²) in [5, 5.41) is 9.62. The second-order valence-corrected chi connectivity index (χ2v) is 5.69. The molecule has 1 saturated heterocycles. The predicted octanol–water partition coefficient (Wildman–Crippen LogP) is 1.83. The minimum atomic E-state index is -0.205. The first-order valence-electron chi connectivity index (χ1n) is 7.55. The average molecular weight is 291 g/mol. The van der Waals surface area contributed by atoms with Gasteiger partial charge in [0.1, 0.15) is 0 Å². The van der Waals surface area contributed by atoms with E-state index in [1.807, 2.05) is 0 Å². The van der Waals surface area contributed by atoms with E-state index in [1.165, 1.54) is 0 Å². The molecule has 5 heteroatoms. The minimum absolute atomic E-state index is 0.130. The van der Waals surface area contributed by atoms with E-state index in [0.717, 1.165) is 38.9 Å². The normalized spacial score (nSPS) is 21.5. The fraction of sp³-hybridized carbons (Fsp3) is 0.562. The number of likely N-dealkylation sites (tertiary alicyclic amines) is 1. The number of fused-ring (bicyclic) bond motifs is 1. The van der Waals surface area contributed by atoms with Gasteiger partial charge in [-0.15, -0.1) is 0 Å². The van der Waals surface area contributed by atoms with E-state index < -0.39 is 0 Å². The highest BCUT2D eigenvalue weighted by atomic mass is 16.7. The average Bonchev–Trinajstić information content (AvgIpc) is 2.94. The number of nitrogens with zero attached hydrogens (tertiary/aromatic N) is 1. The molecule has 0 radical (unpaired) electrons. The Balaban J connectivity index is 1.48. The van der Waals surface area contributed by atoms with Gasteiger partial charge in [0.05, 0.1) is 6.10 Å². The SMILES string of the molecule is O=C(CCCN1CCCC(O)C1)c1ccc2c(c1)OCO2. The number of aliphatic hydroxyl groups excluding tert-OH is 1. The molecule has 0 aromatic heterocycles. The van der Waals surface area contributed by atoms with E-state index in [-0.39, 0.29) is 18.7 Å². The summed E-state index contributed by atoms with van der Waals surface area (Å²) in [5.74, 6) is 1.49.